The Morgan fingerprint density at radius 2 is 1.54 bits per heavy atom. The molecule has 3 heterocycles. The first-order valence-corrected chi connectivity index (χ1v) is 12.3. The van der Waals surface area contributed by atoms with E-state index in [-0.39, 0.29) is 5.91 Å². The lowest BCUT2D eigenvalue weighted by molar-refractivity contribution is -0.116. The molecule has 0 aliphatic carbocycles. The number of nitrogens with one attached hydrogen (secondary N) is 1. The first-order valence-electron chi connectivity index (χ1n) is 11.5. The summed E-state index contributed by atoms with van der Waals surface area (Å²) in [5, 5.41) is 5.64. The van der Waals surface area contributed by atoms with Gasteiger partial charge in [-0.2, -0.15) is 0 Å². The molecule has 0 fully saturated rings. The van der Waals surface area contributed by atoms with Gasteiger partial charge in [-0.3, -0.25) is 4.79 Å². The van der Waals surface area contributed by atoms with E-state index in [1.165, 1.54) is 11.3 Å². The van der Waals surface area contributed by atoms with E-state index in [9.17, 15) is 4.79 Å². The van der Waals surface area contributed by atoms with E-state index < -0.39 is 5.92 Å². The van der Waals surface area contributed by atoms with Gasteiger partial charge in [-0.05, 0) is 44.2 Å². The van der Waals surface area contributed by atoms with Crippen molar-refractivity contribution in [3.63, 3.8) is 0 Å². The van der Waals surface area contributed by atoms with E-state index in [0.717, 1.165) is 39.5 Å². The van der Waals surface area contributed by atoms with Crippen LogP contribution in [0.4, 0.5) is 5.13 Å². The van der Waals surface area contributed by atoms with Crippen molar-refractivity contribution in [3.8, 4) is 28.4 Å². The molecule has 5 aromatic rings. The van der Waals surface area contributed by atoms with Gasteiger partial charge in [-0.1, -0.05) is 54.6 Å². The minimum Gasteiger partial charge on any atom is -0.457 e. The maximum Gasteiger partial charge on any atom is 0.238 e. The van der Waals surface area contributed by atoms with Gasteiger partial charge in [-0.25, -0.2) is 4.98 Å². The number of benzene rings is 3. The number of ether oxygens (including phenoxy) is 1. The van der Waals surface area contributed by atoms with Crippen LogP contribution in [0.1, 0.15) is 28.4 Å². The van der Waals surface area contributed by atoms with Gasteiger partial charge in [0.2, 0.25) is 5.91 Å². The number of aromatic nitrogens is 2. The van der Waals surface area contributed by atoms with Crippen molar-refractivity contribution in [2.75, 3.05) is 5.32 Å². The number of rotatable bonds is 4. The number of thiazole rings is 1. The van der Waals surface area contributed by atoms with E-state index in [1.54, 1.807) is 0 Å². The average Bonchev–Trinajstić information content (AvgIpc) is 3.46. The van der Waals surface area contributed by atoms with Crippen molar-refractivity contribution in [2.24, 2.45) is 0 Å². The van der Waals surface area contributed by atoms with Crippen LogP contribution >= 0.6 is 11.3 Å². The number of nitrogens with zero attached hydrogens (tertiary/aromatic N) is 2. The lowest BCUT2D eigenvalue weighted by Gasteiger charge is -2.27. The Morgan fingerprint density at radius 1 is 0.914 bits per heavy atom. The van der Waals surface area contributed by atoms with Crippen LogP contribution in [-0.4, -0.2) is 15.5 Å². The molecule has 0 spiro atoms. The first kappa shape index (κ1) is 21.4. The second kappa shape index (κ2) is 8.56. The zero-order valence-corrected chi connectivity index (χ0v) is 20.2. The van der Waals surface area contributed by atoms with Crippen LogP contribution in [0.15, 0.2) is 90.3 Å². The van der Waals surface area contributed by atoms with Crippen LogP contribution in [0.3, 0.4) is 0 Å². The second-order valence-corrected chi connectivity index (χ2v) is 9.45. The van der Waals surface area contributed by atoms with Crippen molar-refractivity contribution in [3.05, 3.63) is 113 Å². The van der Waals surface area contributed by atoms with Crippen LogP contribution in [-0.2, 0) is 4.79 Å². The number of hydrogen-bond donors (Lipinski definition) is 1. The van der Waals surface area contributed by atoms with Crippen LogP contribution in [0.5, 0.6) is 11.5 Å². The van der Waals surface area contributed by atoms with Crippen molar-refractivity contribution in [1.82, 2.24) is 9.55 Å². The molecule has 2 aromatic heterocycles. The minimum absolute atomic E-state index is 0.121. The van der Waals surface area contributed by atoms with E-state index in [1.807, 2.05) is 72.1 Å². The van der Waals surface area contributed by atoms with Crippen LogP contribution in [0, 0.1) is 13.8 Å². The second-order valence-electron chi connectivity index (χ2n) is 8.59. The topological polar surface area (TPSA) is 56.1 Å². The predicted molar refractivity (Wildman–Crippen MR) is 140 cm³/mol. The molecule has 6 heteroatoms. The zero-order valence-electron chi connectivity index (χ0n) is 19.4. The molecule has 35 heavy (non-hydrogen) atoms. The standard InChI is InChI=1S/C29H23N3O2S/c1-18-16-23(19(2)32(18)20-10-4-3-5-11-20)24-17-35-29(30-24)31-28(33)27-21-12-6-8-14-25(21)34-26-15-9-7-13-22(26)27/h3-17,27H,1-2H3,(H,30,31,33). The maximum atomic E-state index is 13.5. The molecule has 172 valence electrons. The predicted octanol–water partition coefficient (Wildman–Crippen LogP) is 7.09. The van der Waals surface area contributed by atoms with E-state index in [2.05, 4.69) is 41.9 Å². The molecule has 1 amide bonds. The van der Waals surface area contributed by atoms with Crippen LogP contribution < -0.4 is 10.1 Å². The number of carbonyl (C=O) groups excluding carboxylic acids is 1. The van der Waals surface area contributed by atoms with Crippen molar-refractivity contribution >= 4 is 22.4 Å². The number of amides is 1. The van der Waals surface area contributed by atoms with Crippen LogP contribution in [0.25, 0.3) is 16.9 Å². The fourth-order valence-electron chi connectivity index (χ4n) is 4.82. The summed E-state index contributed by atoms with van der Waals surface area (Å²) in [7, 11) is 0. The summed E-state index contributed by atoms with van der Waals surface area (Å²) >= 11 is 1.44. The summed E-state index contributed by atoms with van der Waals surface area (Å²) in [4.78, 5) is 18.3. The highest BCUT2D eigenvalue weighted by Crippen LogP contribution is 2.44. The van der Waals surface area contributed by atoms with Gasteiger partial charge in [0, 0.05) is 39.1 Å². The SMILES string of the molecule is Cc1cc(-c2csc(NC(=O)C3c4ccccc4Oc4ccccc43)n2)c(C)n1-c1ccccc1. The largest absolute Gasteiger partial charge is 0.457 e. The van der Waals surface area contributed by atoms with Crippen molar-refractivity contribution in [2.45, 2.75) is 19.8 Å². The third-order valence-corrected chi connectivity index (χ3v) is 7.16. The highest BCUT2D eigenvalue weighted by Gasteiger charge is 2.32. The molecule has 0 saturated heterocycles. The van der Waals surface area contributed by atoms with E-state index in [0.29, 0.717) is 16.6 Å². The molecule has 0 atom stereocenters. The Balaban J connectivity index is 1.31. The lowest BCUT2D eigenvalue weighted by Crippen LogP contribution is -2.25. The first-order chi connectivity index (χ1) is 17.1. The van der Waals surface area contributed by atoms with Gasteiger partial charge < -0.3 is 14.6 Å². The van der Waals surface area contributed by atoms with Crippen LogP contribution in [0.2, 0.25) is 0 Å². The Labute approximate surface area is 207 Å². The molecule has 5 nitrogen and oxygen atoms in total. The lowest BCUT2D eigenvalue weighted by atomic mass is 9.87. The molecule has 6 rings (SSSR count). The molecule has 1 N–H and O–H groups in total. The molecule has 0 unspecified atom stereocenters. The highest BCUT2D eigenvalue weighted by molar-refractivity contribution is 7.14. The summed E-state index contributed by atoms with van der Waals surface area (Å²) in [6.07, 6.45) is 0. The van der Waals surface area contributed by atoms with E-state index >= 15 is 0 Å². The van der Waals surface area contributed by atoms with Gasteiger partial charge in [0.1, 0.15) is 11.5 Å². The molecule has 0 radical (unpaired) electrons. The fraction of sp³-hybridized carbons (Fsp3) is 0.103. The maximum absolute atomic E-state index is 13.5. The smallest absolute Gasteiger partial charge is 0.238 e. The zero-order chi connectivity index (χ0) is 23.9. The van der Waals surface area contributed by atoms with Crippen molar-refractivity contribution < 1.29 is 9.53 Å². The Bertz CT molecular complexity index is 1510. The molecule has 3 aromatic carbocycles. The monoisotopic (exact) mass is 477 g/mol. The van der Waals surface area contributed by atoms with Gasteiger partial charge in [0.25, 0.3) is 0 Å². The summed E-state index contributed by atoms with van der Waals surface area (Å²) in [5.41, 5.74) is 6.99. The molecule has 0 saturated carbocycles. The molecule has 1 aliphatic rings. The van der Waals surface area contributed by atoms with Gasteiger partial charge in [-0.15, -0.1) is 11.3 Å². The summed E-state index contributed by atoms with van der Waals surface area (Å²) in [6.45, 7) is 4.20. The fourth-order valence-corrected chi connectivity index (χ4v) is 5.53. The number of aryl methyl sites for hydroxylation is 1. The summed E-state index contributed by atoms with van der Waals surface area (Å²) < 4.78 is 8.26. The van der Waals surface area contributed by atoms with E-state index in [4.69, 9.17) is 9.72 Å². The Morgan fingerprint density at radius 3 is 2.23 bits per heavy atom. The minimum atomic E-state index is -0.466. The number of para-hydroxylation sites is 3. The number of carbonyl (C=O) groups is 1. The molecular weight excluding hydrogens is 454 g/mol. The number of anilines is 1. The Hall–Kier alpha value is -4.16. The summed E-state index contributed by atoms with van der Waals surface area (Å²) in [6, 6.07) is 27.8. The highest BCUT2D eigenvalue weighted by atomic mass is 32.1. The number of fused-ring (bicyclic) bond motifs is 2. The third kappa shape index (κ3) is 3.72. The number of hydrogen-bond acceptors (Lipinski definition) is 4. The van der Waals surface area contributed by atoms with Crippen molar-refractivity contribution in [1.29, 1.82) is 0 Å². The quantitative estimate of drug-likeness (QED) is 0.300. The summed E-state index contributed by atoms with van der Waals surface area (Å²) in [5.74, 6) is 0.828. The van der Waals surface area contributed by atoms with Gasteiger partial charge >= 0.3 is 0 Å². The Kier molecular flexibility index (Phi) is 5.23. The molecule has 1 aliphatic heterocycles. The molecular formula is C29H23N3O2S. The normalized spacial score (nSPS) is 12.5. The van der Waals surface area contributed by atoms with Gasteiger partial charge in [0.05, 0.1) is 11.6 Å². The van der Waals surface area contributed by atoms with Gasteiger partial charge in [0.15, 0.2) is 5.13 Å². The average molecular weight is 478 g/mol. The third-order valence-electron chi connectivity index (χ3n) is 6.40. The molecule has 0 bridgehead atoms.